The monoisotopic (exact) mass is 275 g/mol. The van der Waals surface area contributed by atoms with Crippen LogP contribution in [0.1, 0.15) is 12.8 Å². The van der Waals surface area contributed by atoms with Gasteiger partial charge < -0.3 is 5.43 Å². The Kier molecular flexibility index (Phi) is 3.26. The van der Waals surface area contributed by atoms with Crippen molar-refractivity contribution in [2.24, 2.45) is 0 Å². The standard InChI is InChI=1S/C9H11BrClN3/c10-9-8(11)5-7(6-12-9)13-14-3-1-2-4-14/h5-6,13H,1-4H2. The van der Waals surface area contributed by atoms with Crippen molar-refractivity contribution < 1.29 is 0 Å². The van der Waals surface area contributed by atoms with Gasteiger partial charge in [-0.2, -0.15) is 0 Å². The van der Waals surface area contributed by atoms with E-state index in [0.29, 0.717) is 9.63 Å². The van der Waals surface area contributed by atoms with Crippen LogP contribution in [0, 0.1) is 0 Å². The number of anilines is 1. The lowest BCUT2D eigenvalue weighted by Gasteiger charge is -2.17. The van der Waals surface area contributed by atoms with Gasteiger partial charge in [-0.15, -0.1) is 0 Å². The van der Waals surface area contributed by atoms with Crippen molar-refractivity contribution in [1.29, 1.82) is 0 Å². The fraction of sp³-hybridized carbons (Fsp3) is 0.444. The maximum atomic E-state index is 5.93. The van der Waals surface area contributed by atoms with Gasteiger partial charge in [0.05, 0.1) is 16.9 Å². The highest BCUT2D eigenvalue weighted by atomic mass is 79.9. The molecule has 0 atom stereocenters. The van der Waals surface area contributed by atoms with Gasteiger partial charge in [0.25, 0.3) is 0 Å². The number of hydrogen-bond donors (Lipinski definition) is 1. The second-order valence-electron chi connectivity index (χ2n) is 3.30. The molecule has 1 saturated heterocycles. The van der Waals surface area contributed by atoms with E-state index in [2.05, 4.69) is 31.3 Å². The lowest BCUT2D eigenvalue weighted by molar-refractivity contribution is 0.410. The molecule has 76 valence electrons. The summed E-state index contributed by atoms with van der Waals surface area (Å²) in [6.45, 7) is 2.18. The molecule has 1 fully saturated rings. The van der Waals surface area contributed by atoms with E-state index >= 15 is 0 Å². The van der Waals surface area contributed by atoms with Gasteiger partial charge in [0.2, 0.25) is 0 Å². The first-order chi connectivity index (χ1) is 6.75. The van der Waals surface area contributed by atoms with Crippen LogP contribution in [0.25, 0.3) is 0 Å². The van der Waals surface area contributed by atoms with E-state index in [1.807, 2.05) is 6.07 Å². The molecule has 1 N–H and O–H groups in total. The summed E-state index contributed by atoms with van der Waals surface area (Å²) >= 11 is 9.19. The highest BCUT2D eigenvalue weighted by Crippen LogP contribution is 2.23. The molecule has 0 radical (unpaired) electrons. The van der Waals surface area contributed by atoms with E-state index < -0.39 is 0 Å². The van der Waals surface area contributed by atoms with E-state index in [1.165, 1.54) is 12.8 Å². The van der Waals surface area contributed by atoms with Crippen molar-refractivity contribution in [2.45, 2.75) is 12.8 Å². The van der Waals surface area contributed by atoms with Gasteiger partial charge in [-0.25, -0.2) is 9.99 Å². The maximum Gasteiger partial charge on any atom is 0.124 e. The molecule has 14 heavy (non-hydrogen) atoms. The van der Waals surface area contributed by atoms with Crippen LogP contribution in [0.5, 0.6) is 0 Å². The number of hydrogen-bond acceptors (Lipinski definition) is 3. The van der Waals surface area contributed by atoms with Crippen molar-refractivity contribution in [2.75, 3.05) is 18.5 Å². The third kappa shape index (κ3) is 2.38. The van der Waals surface area contributed by atoms with Crippen molar-refractivity contribution >= 4 is 33.2 Å². The molecule has 1 aliphatic rings. The van der Waals surface area contributed by atoms with Gasteiger partial charge >= 0.3 is 0 Å². The van der Waals surface area contributed by atoms with Gasteiger partial charge in [-0.05, 0) is 34.8 Å². The molecule has 0 saturated carbocycles. The van der Waals surface area contributed by atoms with Crippen LogP contribution in [0.4, 0.5) is 5.69 Å². The highest BCUT2D eigenvalue weighted by Gasteiger charge is 2.11. The summed E-state index contributed by atoms with van der Waals surface area (Å²) in [5.74, 6) is 0. The number of aromatic nitrogens is 1. The SMILES string of the molecule is Clc1cc(NN2CCCC2)cnc1Br. The number of pyridine rings is 1. The Balaban J connectivity index is 2.05. The Bertz CT molecular complexity index is 326. The van der Waals surface area contributed by atoms with Gasteiger partial charge in [-0.1, -0.05) is 11.6 Å². The third-order valence-corrected chi connectivity index (χ3v) is 3.34. The van der Waals surface area contributed by atoms with Crippen LogP contribution >= 0.6 is 27.5 Å². The first kappa shape index (κ1) is 10.2. The zero-order valence-corrected chi connectivity index (χ0v) is 9.98. The number of nitrogens with one attached hydrogen (secondary N) is 1. The van der Waals surface area contributed by atoms with Crippen molar-refractivity contribution in [3.63, 3.8) is 0 Å². The highest BCUT2D eigenvalue weighted by molar-refractivity contribution is 9.10. The lowest BCUT2D eigenvalue weighted by atomic mass is 10.4. The molecule has 0 unspecified atom stereocenters. The largest absolute Gasteiger partial charge is 0.317 e. The van der Waals surface area contributed by atoms with Crippen LogP contribution in [0.3, 0.4) is 0 Å². The molecule has 0 bridgehead atoms. The quantitative estimate of drug-likeness (QED) is 0.842. The Morgan fingerprint density at radius 1 is 1.43 bits per heavy atom. The van der Waals surface area contributed by atoms with Crippen molar-refractivity contribution in [3.8, 4) is 0 Å². The second kappa shape index (κ2) is 4.47. The number of rotatable bonds is 2. The fourth-order valence-corrected chi connectivity index (χ4v) is 1.88. The van der Waals surface area contributed by atoms with Crippen LogP contribution < -0.4 is 5.43 Å². The molecule has 1 aromatic heterocycles. The summed E-state index contributed by atoms with van der Waals surface area (Å²) in [5, 5.41) is 2.82. The van der Waals surface area contributed by atoms with E-state index in [1.54, 1.807) is 6.20 Å². The summed E-state index contributed by atoms with van der Waals surface area (Å²) in [4.78, 5) is 4.12. The minimum atomic E-state index is 0.634. The van der Waals surface area contributed by atoms with Gasteiger partial charge in [-0.3, -0.25) is 0 Å². The normalized spacial score (nSPS) is 17.3. The summed E-state index contributed by atoms with van der Waals surface area (Å²) in [6.07, 6.45) is 4.28. The number of hydrazine groups is 1. The Morgan fingerprint density at radius 2 is 2.14 bits per heavy atom. The second-order valence-corrected chi connectivity index (χ2v) is 4.46. The third-order valence-electron chi connectivity index (χ3n) is 2.19. The average molecular weight is 277 g/mol. The molecule has 1 aliphatic heterocycles. The van der Waals surface area contributed by atoms with E-state index in [9.17, 15) is 0 Å². The first-order valence-electron chi connectivity index (χ1n) is 4.58. The molecule has 0 aliphatic carbocycles. The maximum absolute atomic E-state index is 5.93. The molecule has 0 spiro atoms. The fourth-order valence-electron chi connectivity index (χ4n) is 1.49. The molecule has 0 aromatic carbocycles. The van der Waals surface area contributed by atoms with Crippen LogP contribution in [0.2, 0.25) is 5.02 Å². The van der Waals surface area contributed by atoms with Gasteiger partial charge in [0.15, 0.2) is 0 Å². The van der Waals surface area contributed by atoms with Crippen LogP contribution in [0.15, 0.2) is 16.9 Å². The average Bonchev–Trinajstić information content (AvgIpc) is 2.64. The van der Waals surface area contributed by atoms with Crippen molar-refractivity contribution in [1.82, 2.24) is 9.99 Å². The molecule has 2 heterocycles. The topological polar surface area (TPSA) is 28.2 Å². The Hall–Kier alpha value is -0.320. The summed E-state index contributed by atoms with van der Waals surface area (Å²) in [7, 11) is 0. The minimum Gasteiger partial charge on any atom is -0.317 e. The summed E-state index contributed by atoms with van der Waals surface area (Å²) in [5.41, 5.74) is 4.22. The van der Waals surface area contributed by atoms with Gasteiger partial charge in [0.1, 0.15) is 4.60 Å². The number of nitrogens with zero attached hydrogens (tertiary/aromatic N) is 2. The zero-order chi connectivity index (χ0) is 9.97. The zero-order valence-electron chi connectivity index (χ0n) is 7.63. The predicted octanol–water partition coefficient (Wildman–Crippen LogP) is 2.92. The molecular weight excluding hydrogens is 265 g/mol. The van der Waals surface area contributed by atoms with Crippen LogP contribution in [-0.4, -0.2) is 23.1 Å². The van der Waals surface area contributed by atoms with Crippen molar-refractivity contribution in [3.05, 3.63) is 21.9 Å². The lowest BCUT2D eigenvalue weighted by Crippen LogP contribution is -2.26. The molecular formula is C9H11BrClN3. The van der Waals surface area contributed by atoms with E-state index in [-0.39, 0.29) is 0 Å². The van der Waals surface area contributed by atoms with E-state index in [4.69, 9.17) is 11.6 Å². The summed E-state index contributed by atoms with van der Waals surface area (Å²) in [6, 6.07) is 1.87. The Morgan fingerprint density at radius 3 is 2.79 bits per heavy atom. The molecule has 1 aromatic rings. The molecule has 5 heteroatoms. The number of halogens is 2. The Labute approximate surface area is 96.6 Å². The molecule has 3 nitrogen and oxygen atoms in total. The summed E-state index contributed by atoms with van der Waals surface area (Å²) < 4.78 is 0.686. The predicted molar refractivity (Wildman–Crippen MR) is 61.4 cm³/mol. The van der Waals surface area contributed by atoms with Crippen LogP contribution in [-0.2, 0) is 0 Å². The van der Waals surface area contributed by atoms with Gasteiger partial charge in [0, 0.05) is 13.1 Å². The smallest absolute Gasteiger partial charge is 0.124 e. The first-order valence-corrected chi connectivity index (χ1v) is 5.75. The van der Waals surface area contributed by atoms with E-state index in [0.717, 1.165) is 18.8 Å². The molecule has 0 amide bonds. The molecule has 2 rings (SSSR count). The minimum absolute atomic E-state index is 0.634.